The molecule has 1 aromatic rings. The number of nitrogens with one attached hydrogen (secondary N) is 1. The van der Waals surface area contributed by atoms with Gasteiger partial charge < -0.3 is 19.5 Å². The Morgan fingerprint density at radius 1 is 1.43 bits per heavy atom. The van der Waals surface area contributed by atoms with Crippen LogP contribution in [0.3, 0.4) is 0 Å². The summed E-state index contributed by atoms with van der Waals surface area (Å²) in [6, 6.07) is 1.25. The van der Waals surface area contributed by atoms with Crippen molar-refractivity contribution in [3.8, 4) is 11.5 Å². The van der Waals surface area contributed by atoms with Crippen LogP contribution in [0.4, 0.5) is 5.69 Å². The average Bonchev–Trinajstić information content (AvgIpc) is 2.53. The second-order valence-electron chi connectivity index (χ2n) is 5.06. The molecule has 0 aromatic heterocycles. The van der Waals surface area contributed by atoms with Crippen molar-refractivity contribution in [3.63, 3.8) is 0 Å². The minimum absolute atomic E-state index is 0.0250. The first-order chi connectivity index (χ1) is 11.0. The molecule has 126 valence electrons. The summed E-state index contributed by atoms with van der Waals surface area (Å²) in [5.74, 6) is -0.0227. The quantitative estimate of drug-likeness (QED) is 0.483. The van der Waals surface area contributed by atoms with E-state index in [1.807, 2.05) is 0 Å². The fraction of sp³-hybridized carbons (Fsp3) is 0.533. The number of ether oxygens (including phenoxy) is 3. The van der Waals surface area contributed by atoms with Gasteiger partial charge in [0.15, 0.2) is 5.75 Å². The van der Waals surface area contributed by atoms with Crippen LogP contribution in [-0.2, 0) is 16.0 Å². The lowest BCUT2D eigenvalue weighted by atomic mass is 9.90. The molecule has 0 fully saturated rings. The van der Waals surface area contributed by atoms with E-state index in [4.69, 9.17) is 14.2 Å². The molecule has 0 saturated heterocycles. The van der Waals surface area contributed by atoms with Crippen LogP contribution in [0.1, 0.15) is 30.5 Å². The van der Waals surface area contributed by atoms with Gasteiger partial charge in [0.25, 0.3) is 0 Å². The number of hydrogen-bond acceptors (Lipinski definition) is 7. The summed E-state index contributed by atoms with van der Waals surface area (Å²) >= 11 is 0. The van der Waals surface area contributed by atoms with Crippen LogP contribution in [0.5, 0.6) is 11.5 Å². The fourth-order valence-electron chi connectivity index (χ4n) is 2.86. The highest BCUT2D eigenvalue weighted by atomic mass is 16.6. The van der Waals surface area contributed by atoms with Crippen LogP contribution in [-0.4, -0.2) is 38.3 Å². The zero-order valence-electron chi connectivity index (χ0n) is 13.4. The Balaban J connectivity index is 2.55. The van der Waals surface area contributed by atoms with Gasteiger partial charge >= 0.3 is 11.7 Å². The van der Waals surface area contributed by atoms with Gasteiger partial charge in [-0.05, 0) is 31.5 Å². The first-order valence-corrected chi connectivity index (χ1v) is 7.34. The number of methoxy groups -OCH3 is 2. The Morgan fingerprint density at radius 3 is 2.74 bits per heavy atom. The number of nitro groups is 1. The molecule has 1 aliphatic rings. The van der Waals surface area contributed by atoms with E-state index in [9.17, 15) is 14.9 Å². The number of benzene rings is 1. The Bertz CT molecular complexity index is 616. The lowest BCUT2D eigenvalue weighted by Gasteiger charge is -2.27. The van der Waals surface area contributed by atoms with E-state index < -0.39 is 16.9 Å². The van der Waals surface area contributed by atoms with Crippen LogP contribution in [0, 0.1) is 10.1 Å². The maximum atomic E-state index is 11.8. The summed E-state index contributed by atoms with van der Waals surface area (Å²) in [5.41, 5.74) is 1.08. The Hall–Kier alpha value is -2.35. The van der Waals surface area contributed by atoms with Crippen LogP contribution in [0.15, 0.2) is 6.07 Å². The van der Waals surface area contributed by atoms with Gasteiger partial charge in [0, 0.05) is 6.04 Å². The molecule has 1 N–H and O–H groups in total. The van der Waals surface area contributed by atoms with Gasteiger partial charge in [-0.3, -0.25) is 14.9 Å². The summed E-state index contributed by atoms with van der Waals surface area (Å²) in [6.07, 6.45) is 0.632. The highest BCUT2D eigenvalue weighted by Crippen LogP contribution is 2.45. The Labute approximate surface area is 133 Å². The van der Waals surface area contributed by atoms with E-state index in [-0.39, 0.29) is 24.5 Å². The summed E-state index contributed by atoms with van der Waals surface area (Å²) in [5, 5.41) is 14.8. The topological polar surface area (TPSA) is 99.9 Å². The minimum Gasteiger partial charge on any atom is -0.493 e. The third-order valence-electron chi connectivity index (χ3n) is 3.76. The number of carbonyl (C=O) groups excluding carboxylic acids is 1. The number of nitro benzene ring substituents is 1. The zero-order valence-corrected chi connectivity index (χ0v) is 13.4. The Kier molecular flexibility index (Phi) is 5.38. The first-order valence-electron chi connectivity index (χ1n) is 7.34. The minimum atomic E-state index is -0.495. The SMILES string of the molecule is CCOC(=O)CC1NCCc2cc(OC)c(OC)c([N+](=O)[O-])c21. The molecule has 0 saturated carbocycles. The van der Waals surface area contributed by atoms with E-state index in [1.54, 1.807) is 13.0 Å². The van der Waals surface area contributed by atoms with Gasteiger partial charge in [0.2, 0.25) is 5.75 Å². The molecule has 0 bridgehead atoms. The van der Waals surface area contributed by atoms with Crippen molar-refractivity contribution in [2.24, 2.45) is 0 Å². The van der Waals surface area contributed by atoms with E-state index in [2.05, 4.69) is 5.32 Å². The summed E-state index contributed by atoms with van der Waals surface area (Å²) in [7, 11) is 2.79. The van der Waals surface area contributed by atoms with Crippen LogP contribution in [0.2, 0.25) is 0 Å². The van der Waals surface area contributed by atoms with Gasteiger partial charge in [-0.1, -0.05) is 0 Å². The van der Waals surface area contributed by atoms with Gasteiger partial charge in [-0.2, -0.15) is 0 Å². The molecular weight excluding hydrogens is 304 g/mol. The molecule has 1 heterocycles. The smallest absolute Gasteiger partial charge is 0.319 e. The van der Waals surface area contributed by atoms with Crippen molar-refractivity contribution < 1.29 is 23.9 Å². The van der Waals surface area contributed by atoms with E-state index in [1.165, 1.54) is 14.2 Å². The Morgan fingerprint density at radius 2 is 2.17 bits per heavy atom. The van der Waals surface area contributed by atoms with E-state index in [0.717, 1.165) is 5.56 Å². The summed E-state index contributed by atoms with van der Waals surface area (Å²) in [6.45, 7) is 2.60. The van der Waals surface area contributed by atoms with Crippen molar-refractivity contribution in [3.05, 3.63) is 27.3 Å². The highest BCUT2D eigenvalue weighted by Gasteiger charge is 2.35. The maximum Gasteiger partial charge on any atom is 0.319 e. The second-order valence-corrected chi connectivity index (χ2v) is 5.06. The lowest BCUT2D eigenvalue weighted by molar-refractivity contribution is -0.386. The van der Waals surface area contributed by atoms with E-state index in [0.29, 0.717) is 24.3 Å². The molecule has 0 aliphatic carbocycles. The average molecular weight is 324 g/mol. The molecule has 8 heteroatoms. The summed E-state index contributed by atoms with van der Waals surface area (Å²) < 4.78 is 15.3. The number of fused-ring (bicyclic) bond motifs is 1. The third-order valence-corrected chi connectivity index (χ3v) is 3.76. The zero-order chi connectivity index (χ0) is 17.0. The number of carbonyl (C=O) groups is 1. The van der Waals surface area contributed by atoms with Gasteiger partial charge in [-0.15, -0.1) is 0 Å². The first kappa shape index (κ1) is 17.0. The van der Waals surface area contributed by atoms with Crippen molar-refractivity contribution in [1.82, 2.24) is 5.32 Å². The van der Waals surface area contributed by atoms with E-state index >= 15 is 0 Å². The molecule has 0 radical (unpaired) electrons. The maximum absolute atomic E-state index is 11.8. The molecule has 8 nitrogen and oxygen atoms in total. The molecule has 0 spiro atoms. The largest absolute Gasteiger partial charge is 0.493 e. The lowest BCUT2D eigenvalue weighted by Crippen LogP contribution is -2.32. The number of hydrogen-bond donors (Lipinski definition) is 1. The third kappa shape index (κ3) is 3.37. The van der Waals surface area contributed by atoms with Gasteiger partial charge in [0.05, 0.1) is 37.7 Å². The number of esters is 1. The molecule has 1 atom stereocenters. The molecule has 0 amide bonds. The monoisotopic (exact) mass is 324 g/mol. The predicted octanol–water partition coefficient (Wildman–Crippen LogP) is 1.75. The molecular formula is C15H20N2O6. The molecule has 1 aromatic carbocycles. The van der Waals surface area contributed by atoms with Crippen LogP contribution >= 0.6 is 0 Å². The van der Waals surface area contributed by atoms with Crippen molar-refractivity contribution in [2.45, 2.75) is 25.8 Å². The predicted molar refractivity (Wildman–Crippen MR) is 81.9 cm³/mol. The van der Waals surface area contributed by atoms with Crippen LogP contribution in [0.25, 0.3) is 0 Å². The van der Waals surface area contributed by atoms with Gasteiger partial charge in [-0.25, -0.2) is 0 Å². The molecule has 1 aliphatic heterocycles. The molecule has 23 heavy (non-hydrogen) atoms. The van der Waals surface area contributed by atoms with Crippen LogP contribution < -0.4 is 14.8 Å². The van der Waals surface area contributed by atoms with Crippen molar-refractivity contribution >= 4 is 11.7 Å². The molecule has 2 rings (SSSR count). The number of nitrogens with zero attached hydrogens (tertiary/aromatic N) is 1. The fourth-order valence-corrected chi connectivity index (χ4v) is 2.86. The second kappa shape index (κ2) is 7.28. The standard InChI is InChI=1S/C15H20N2O6/c1-4-23-12(18)8-10-13-9(5-6-16-10)7-11(21-2)15(22-3)14(13)17(19)20/h7,10,16H,4-6,8H2,1-3H3. The van der Waals surface area contributed by atoms with Gasteiger partial charge in [0.1, 0.15) is 0 Å². The normalized spacial score (nSPS) is 16.4. The number of rotatable bonds is 6. The highest BCUT2D eigenvalue weighted by molar-refractivity contribution is 5.72. The molecule has 1 unspecified atom stereocenters. The van der Waals surface area contributed by atoms with Crippen molar-refractivity contribution in [1.29, 1.82) is 0 Å². The summed E-state index contributed by atoms with van der Waals surface area (Å²) in [4.78, 5) is 22.9. The van der Waals surface area contributed by atoms with Crippen molar-refractivity contribution in [2.75, 3.05) is 27.4 Å².